The quantitative estimate of drug-likeness (QED) is 0.766. The number of aromatic amines is 1. The normalized spacial score (nSPS) is 20.7. The van der Waals surface area contributed by atoms with Crippen LogP contribution in [0.15, 0.2) is 30.9 Å². The van der Waals surface area contributed by atoms with E-state index < -0.39 is 0 Å². The van der Waals surface area contributed by atoms with Crippen molar-refractivity contribution in [2.24, 2.45) is 0 Å². The third kappa shape index (κ3) is 2.87. The summed E-state index contributed by atoms with van der Waals surface area (Å²) in [5.74, 6) is 2.63. The molecule has 0 saturated carbocycles. The predicted molar refractivity (Wildman–Crippen MR) is 102 cm³/mol. The Bertz CT molecular complexity index is 983. The first-order chi connectivity index (χ1) is 13.1. The van der Waals surface area contributed by atoms with Crippen molar-refractivity contribution in [1.82, 2.24) is 19.9 Å². The van der Waals surface area contributed by atoms with E-state index in [1.165, 1.54) is 5.56 Å². The molecule has 0 bridgehead atoms. The van der Waals surface area contributed by atoms with Crippen LogP contribution in [0.3, 0.4) is 0 Å². The summed E-state index contributed by atoms with van der Waals surface area (Å²) < 4.78 is 12.4. The Morgan fingerprint density at radius 3 is 3.15 bits per heavy atom. The summed E-state index contributed by atoms with van der Waals surface area (Å²) >= 11 is 0. The Kier molecular flexibility index (Phi) is 3.70. The van der Waals surface area contributed by atoms with Gasteiger partial charge < -0.3 is 19.4 Å². The van der Waals surface area contributed by atoms with Crippen LogP contribution in [-0.4, -0.2) is 44.7 Å². The Morgan fingerprint density at radius 2 is 2.22 bits per heavy atom. The van der Waals surface area contributed by atoms with E-state index in [4.69, 9.17) is 9.47 Å². The summed E-state index contributed by atoms with van der Waals surface area (Å²) in [4.78, 5) is 18.4. The number of benzene rings is 1. The second-order valence-electron chi connectivity index (χ2n) is 7.88. The topological polar surface area (TPSA) is 76.2 Å². The van der Waals surface area contributed by atoms with Crippen LogP contribution in [0.25, 0.3) is 11.2 Å². The molecule has 1 aromatic carbocycles. The van der Waals surface area contributed by atoms with E-state index in [0.29, 0.717) is 12.3 Å². The molecule has 1 unspecified atom stereocenters. The van der Waals surface area contributed by atoms with Gasteiger partial charge in [-0.2, -0.15) is 0 Å². The first kappa shape index (κ1) is 16.4. The molecule has 27 heavy (non-hydrogen) atoms. The summed E-state index contributed by atoms with van der Waals surface area (Å²) in [5, 5.41) is 0. The summed E-state index contributed by atoms with van der Waals surface area (Å²) in [6.45, 7) is 5.77. The van der Waals surface area contributed by atoms with Gasteiger partial charge in [-0.15, -0.1) is 0 Å². The van der Waals surface area contributed by atoms with Crippen LogP contribution in [0.5, 0.6) is 11.5 Å². The molecular weight excluding hydrogens is 342 g/mol. The van der Waals surface area contributed by atoms with Crippen molar-refractivity contribution in [2.45, 2.75) is 44.8 Å². The molecule has 4 heterocycles. The lowest BCUT2D eigenvalue weighted by Gasteiger charge is -2.26. The van der Waals surface area contributed by atoms with Gasteiger partial charge in [0.25, 0.3) is 0 Å². The molecule has 1 N–H and O–H groups in total. The fourth-order valence-electron chi connectivity index (χ4n) is 4.14. The van der Waals surface area contributed by atoms with Crippen LogP contribution in [-0.2, 0) is 6.42 Å². The highest BCUT2D eigenvalue weighted by molar-refractivity contribution is 5.83. The van der Waals surface area contributed by atoms with Crippen molar-refractivity contribution in [2.75, 3.05) is 18.1 Å². The molecule has 7 nitrogen and oxygen atoms in total. The summed E-state index contributed by atoms with van der Waals surface area (Å²) in [7, 11) is 0. The summed E-state index contributed by atoms with van der Waals surface area (Å²) in [6.07, 6.45) is 6.34. The number of ether oxygens (including phenoxy) is 2. The number of para-hydroxylation sites is 1. The highest BCUT2D eigenvalue weighted by Gasteiger charge is 2.33. The van der Waals surface area contributed by atoms with Gasteiger partial charge in [-0.3, -0.25) is 0 Å². The van der Waals surface area contributed by atoms with E-state index in [-0.39, 0.29) is 11.6 Å². The van der Waals surface area contributed by atoms with E-state index in [2.05, 4.69) is 44.7 Å². The summed E-state index contributed by atoms with van der Waals surface area (Å²) in [6, 6.07) is 6.42. The third-order valence-electron chi connectivity index (χ3n) is 5.34. The van der Waals surface area contributed by atoms with Gasteiger partial charge in [-0.25, -0.2) is 15.0 Å². The molecule has 140 valence electrons. The van der Waals surface area contributed by atoms with Gasteiger partial charge in [-0.1, -0.05) is 12.1 Å². The zero-order chi connectivity index (χ0) is 18.4. The van der Waals surface area contributed by atoms with Crippen LogP contribution >= 0.6 is 0 Å². The number of nitrogens with zero attached hydrogens (tertiary/aromatic N) is 4. The molecule has 1 atom stereocenters. The fourth-order valence-corrected chi connectivity index (χ4v) is 4.14. The maximum atomic E-state index is 6.24. The molecule has 0 aliphatic carbocycles. The van der Waals surface area contributed by atoms with Gasteiger partial charge in [0.2, 0.25) is 0 Å². The highest BCUT2D eigenvalue weighted by Crippen LogP contribution is 2.42. The van der Waals surface area contributed by atoms with Crippen LogP contribution in [0.2, 0.25) is 0 Å². The van der Waals surface area contributed by atoms with Crippen LogP contribution in [0, 0.1) is 0 Å². The van der Waals surface area contributed by atoms with Crippen molar-refractivity contribution in [3.63, 3.8) is 0 Å². The molecule has 3 aromatic rings. The average molecular weight is 365 g/mol. The number of hydrogen-bond acceptors (Lipinski definition) is 6. The molecule has 2 aliphatic heterocycles. The lowest BCUT2D eigenvalue weighted by atomic mass is 10.0. The molecule has 5 rings (SSSR count). The van der Waals surface area contributed by atoms with Crippen molar-refractivity contribution in [3.05, 3.63) is 36.4 Å². The number of rotatable bonds is 4. The number of hydrogen-bond donors (Lipinski definition) is 1. The maximum absolute atomic E-state index is 6.24. The minimum Gasteiger partial charge on any atom is -0.488 e. The standard InChI is InChI=1S/C20H23N5O2/c1-20(2)9-13-5-3-7-15(17(13)27-20)26-10-14-6-4-8-25(14)19-16-18(22-11-21-16)23-12-24-19/h3,5,7,11-12,14H,4,6,8-10H2,1-2H3,(H,21,22,23,24). The van der Waals surface area contributed by atoms with E-state index in [1.54, 1.807) is 12.7 Å². The molecule has 7 heteroatoms. The Balaban J connectivity index is 1.36. The largest absolute Gasteiger partial charge is 0.488 e. The number of H-pyrrole nitrogens is 1. The predicted octanol–water partition coefficient (Wildman–Crippen LogP) is 3.11. The Morgan fingerprint density at radius 1 is 1.30 bits per heavy atom. The Labute approximate surface area is 157 Å². The number of aromatic nitrogens is 4. The molecule has 0 spiro atoms. The van der Waals surface area contributed by atoms with E-state index >= 15 is 0 Å². The number of anilines is 1. The van der Waals surface area contributed by atoms with Gasteiger partial charge in [0.05, 0.1) is 12.4 Å². The van der Waals surface area contributed by atoms with E-state index in [9.17, 15) is 0 Å². The lowest BCUT2D eigenvalue weighted by Crippen LogP contribution is -2.35. The zero-order valence-electron chi connectivity index (χ0n) is 15.6. The molecular formula is C20H23N5O2. The number of nitrogens with one attached hydrogen (secondary N) is 1. The van der Waals surface area contributed by atoms with Crippen LogP contribution in [0.4, 0.5) is 5.82 Å². The van der Waals surface area contributed by atoms with Crippen LogP contribution in [0.1, 0.15) is 32.3 Å². The van der Waals surface area contributed by atoms with Gasteiger partial charge in [0, 0.05) is 18.5 Å². The zero-order valence-corrected chi connectivity index (χ0v) is 15.6. The van der Waals surface area contributed by atoms with Crippen molar-refractivity contribution in [1.29, 1.82) is 0 Å². The SMILES string of the molecule is CC1(C)Cc2cccc(OCC3CCCN3c3ncnc4nc[nH]c34)c2O1. The fraction of sp³-hybridized carbons (Fsp3) is 0.450. The minimum atomic E-state index is -0.172. The molecule has 0 amide bonds. The van der Waals surface area contributed by atoms with Crippen molar-refractivity contribution < 1.29 is 9.47 Å². The molecule has 2 aliphatic rings. The van der Waals surface area contributed by atoms with E-state index in [0.717, 1.165) is 48.6 Å². The Hall–Kier alpha value is -2.83. The molecule has 1 fully saturated rings. The lowest BCUT2D eigenvalue weighted by molar-refractivity contribution is 0.131. The van der Waals surface area contributed by atoms with Crippen LogP contribution < -0.4 is 14.4 Å². The monoisotopic (exact) mass is 365 g/mol. The second kappa shape index (κ2) is 6.11. The minimum absolute atomic E-state index is 0.172. The van der Waals surface area contributed by atoms with Crippen molar-refractivity contribution in [3.8, 4) is 11.5 Å². The summed E-state index contributed by atoms with van der Waals surface area (Å²) in [5.41, 5.74) is 2.63. The average Bonchev–Trinajstić information content (AvgIpc) is 3.36. The van der Waals surface area contributed by atoms with Gasteiger partial charge >= 0.3 is 0 Å². The first-order valence-corrected chi connectivity index (χ1v) is 9.45. The van der Waals surface area contributed by atoms with Gasteiger partial charge in [-0.05, 0) is 32.8 Å². The smallest absolute Gasteiger partial charge is 0.182 e. The first-order valence-electron chi connectivity index (χ1n) is 9.45. The second-order valence-corrected chi connectivity index (χ2v) is 7.88. The highest BCUT2D eigenvalue weighted by atomic mass is 16.5. The molecule has 0 radical (unpaired) electrons. The third-order valence-corrected chi connectivity index (χ3v) is 5.34. The van der Waals surface area contributed by atoms with Gasteiger partial charge in [0.15, 0.2) is 23.0 Å². The molecule has 1 saturated heterocycles. The number of fused-ring (bicyclic) bond motifs is 2. The maximum Gasteiger partial charge on any atom is 0.182 e. The van der Waals surface area contributed by atoms with Gasteiger partial charge in [0.1, 0.15) is 24.1 Å². The number of imidazole rings is 1. The van der Waals surface area contributed by atoms with E-state index in [1.807, 2.05) is 12.1 Å². The van der Waals surface area contributed by atoms with Crippen molar-refractivity contribution >= 4 is 17.0 Å². The molecule has 2 aromatic heterocycles.